The Hall–Kier alpha value is -1.89. The van der Waals surface area contributed by atoms with Gasteiger partial charge in [-0.25, -0.2) is 13.1 Å². The van der Waals surface area contributed by atoms with Crippen LogP contribution in [0.25, 0.3) is 0 Å². The van der Waals surface area contributed by atoms with Crippen LogP contribution in [0.5, 0.6) is 0 Å². The molecule has 0 aliphatic heterocycles. The van der Waals surface area contributed by atoms with Crippen molar-refractivity contribution in [2.24, 2.45) is 0 Å². The summed E-state index contributed by atoms with van der Waals surface area (Å²) in [5.74, 6) is -0.328. The Morgan fingerprint density at radius 3 is 2.52 bits per heavy atom. The van der Waals surface area contributed by atoms with Crippen molar-refractivity contribution in [3.8, 4) is 0 Å². The lowest BCUT2D eigenvalue weighted by molar-refractivity contribution is 0.0962. The fourth-order valence-corrected chi connectivity index (χ4v) is 3.28. The first-order chi connectivity index (χ1) is 10.8. The molecule has 5 nitrogen and oxygen atoms in total. The molecular formula is C16H17ClN2O3S. The third kappa shape index (κ3) is 4.10. The molecule has 0 heterocycles. The molecule has 0 aliphatic carbocycles. The molecule has 0 radical (unpaired) electrons. The maximum absolute atomic E-state index is 12.4. The lowest BCUT2D eigenvalue weighted by Gasteiger charge is -2.10. The predicted octanol–water partition coefficient (Wildman–Crippen LogP) is 2.49. The molecule has 122 valence electrons. The van der Waals surface area contributed by atoms with E-state index in [0.29, 0.717) is 21.7 Å². The zero-order valence-electron chi connectivity index (χ0n) is 12.8. The monoisotopic (exact) mass is 352 g/mol. The van der Waals surface area contributed by atoms with E-state index in [-0.39, 0.29) is 17.3 Å². The molecule has 23 heavy (non-hydrogen) atoms. The zero-order chi connectivity index (χ0) is 17.0. The highest BCUT2D eigenvalue weighted by Crippen LogP contribution is 2.18. The molecule has 0 atom stereocenters. The van der Waals surface area contributed by atoms with Crippen LogP contribution in [0.15, 0.2) is 47.4 Å². The van der Waals surface area contributed by atoms with Crippen molar-refractivity contribution in [3.05, 3.63) is 64.2 Å². The van der Waals surface area contributed by atoms with Crippen LogP contribution in [0.1, 0.15) is 21.5 Å². The van der Waals surface area contributed by atoms with Crippen molar-refractivity contribution in [3.63, 3.8) is 0 Å². The molecule has 2 N–H and O–H groups in total. The number of hydrogen-bond donors (Lipinski definition) is 2. The van der Waals surface area contributed by atoms with Crippen molar-refractivity contribution in [1.82, 2.24) is 10.0 Å². The lowest BCUT2D eigenvalue weighted by Crippen LogP contribution is -2.25. The molecule has 2 aromatic rings. The summed E-state index contributed by atoms with van der Waals surface area (Å²) >= 11 is 6.02. The molecule has 2 aromatic carbocycles. The number of sulfonamides is 1. The van der Waals surface area contributed by atoms with Gasteiger partial charge in [0.25, 0.3) is 5.91 Å². The number of hydrogen-bond acceptors (Lipinski definition) is 3. The molecule has 0 fully saturated rings. The van der Waals surface area contributed by atoms with Crippen LogP contribution in [-0.2, 0) is 16.6 Å². The summed E-state index contributed by atoms with van der Waals surface area (Å²) in [6, 6.07) is 11.4. The molecule has 2 rings (SSSR count). The molecular weight excluding hydrogens is 336 g/mol. The molecule has 0 unspecified atom stereocenters. The minimum Gasteiger partial charge on any atom is -0.355 e. The standard InChI is InChI=1S/C16H17ClN2O3S/c1-11-7-8-13(9-14(11)16(20)18-2)23(21,22)19-10-12-5-3-4-6-15(12)17/h3-9,19H,10H2,1-2H3,(H,18,20). The number of amides is 1. The van der Waals surface area contributed by atoms with E-state index in [1.54, 1.807) is 37.3 Å². The van der Waals surface area contributed by atoms with Crippen LogP contribution in [-0.4, -0.2) is 21.4 Å². The van der Waals surface area contributed by atoms with Crippen LogP contribution >= 0.6 is 11.6 Å². The summed E-state index contributed by atoms with van der Waals surface area (Å²) in [4.78, 5) is 11.8. The normalized spacial score (nSPS) is 11.3. The molecule has 0 bridgehead atoms. The van der Waals surface area contributed by atoms with Gasteiger partial charge < -0.3 is 5.32 Å². The fourth-order valence-electron chi connectivity index (χ4n) is 2.05. The molecule has 0 saturated carbocycles. The second-order valence-electron chi connectivity index (χ2n) is 4.97. The summed E-state index contributed by atoms with van der Waals surface area (Å²) in [6.45, 7) is 1.82. The van der Waals surface area contributed by atoms with E-state index in [1.165, 1.54) is 19.2 Å². The number of aryl methyl sites for hydroxylation is 1. The van der Waals surface area contributed by atoms with Crippen LogP contribution in [0, 0.1) is 6.92 Å². The quantitative estimate of drug-likeness (QED) is 0.868. The van der Waals surface area contributed by atoms with E-state index < -0.39 is 10.0 Å². The van der Waals surface area contributed by atoms with Gasteiger partial charge in [0.05, 0.1) is 4.90 Å². The Kier molecular flexibility index (Phi) is 5.41. The fraction of sp³-hybridized carbons (Fsp3) is 0.188. The Morgan fingerprint density at radius 1 is 1.17 bits per heavy atom. The first kappa shape index (κ1) is 17.5. The third-order valence-corrected chi connectivity index (χ3v) is 5.17. The number of halogens is 1. The van der Waals surface area contributed by atoms with Gasteiger partial charge in [-0.05, 0) is 36.2 Å². The minimum absolute atomic E-state index is 0.0359. The number of carbonyl (C=O) groups is 1. The third-order valence-electron chi connectivity index (χ3n) is 3.40. The van der Waals surface area contributed by atoms with Crippen molar-refractivity contribution >= 4 is 27.5 Å². The van der Waals surface area contributed by atoms with Crippen LogP contribution in [0.4, 0.5) is 0 Å². The minimum atomic E-state index is -3.74. The van der Waals surface area contributed by atoms with Crippen LogP contribution in [0.3, 0.4) is 0 Å². The van der Waals surface area contributed by atoms with E-state index in [4.69, 9.17) is 11.6 Å². The van der Waals surface area contributed by atoms with Gasteiger partial charge >= 0.3 is 0 Å². The highest BCUT2D eigenvalue weighted by Gasteiger charge is 2.17. The SMILES string of the molecule is CNC(=O)c1cc(S(=O)(=O)NCc2ccccc2Cl)ccc1C. The summed E-state index contributed by atoms with van der Waals surface area (Å²) in [6.07, 6.45) is 0. The second kappa shape index (κ2) is 7.12. The topological polar surface area (TPSA) is 75.3 Å². The highest BCUT2D eigenvalue weighted by molar-refractivity contribution is 7.89. The highest BCUT2D eigenvalue weighted by atomic mass is 35.5. The van der Waals surface area contributed by atoms with Gasteiger partial charge in [-0.15, -0.1) is 0 Å². The second-order valence-corrected chi connectivity index (χ2v) is 7.15. The first-order valence-corrected chi connectivity index (χ1v) is 8.77. The zero-order valence-corrected chi connectivity index (χ0v) is 14.3. The van der Waals surface area contributed by atoms with Gasteiger partial charge in [-0.3, -0.25) is 4.79 Å². The molecule has 0 aromatic heterocycles. The van der Waals surface area contributed by atoms with Crippen molar-refractivity contribution in [2.45, 2.75) is 18.4 Å². The molecule has 0 spiro atoms. The summed E-state index contributed by atoms with van der Waals surface area (Å²) in [7, 11) is -2.25. The number of nitrogens with one attached hydrogen (secondary N) is 2. The Bertz CT molecular complexity index is 835. The van der Waals surface area contributed by atoms with E-state index in [9.17, 15) is 13.2 Å². The Morgan fingerprint density at radius 2 is 1.87 bits per heavy atom. The van der Waals surface area contributed by atoms with E-state index in [2.05, 4.69) is 10.0 Å². The van der Waals surface area contributed by atoms with Gasteiger partial charge in [-0.2, -0.15) is 0 Å². The summed E-state index contributed by atoms with van der Waals surface area (Å²) in [5, 5.41) is 2.99. The average Bonchev–Trinajstić information content (AvgIpc) is 2.53. The average molecular weight is 353 g/mol. The smallest absolute Gasteiger partial charge is 0.251 e. The lowest BCUT2D eigenvalue weighted by atomic mass is 10.1. The Balaban J connectivity index is 2.26. The molecule has 0 aliphatic rings. The van der Waals surface area contributed by atoms with Gasteiger partial charge in [0.1, 0.15) is 0 Å². The van der Waals surface area contributed by atoms with Gasteiger partial charge in [-0.1, -0.05) is 35.9 Å². The summed E-state index contributed by atoms with van der Waals surface area (Å²) in [5.41, 5.74) is 1.71. The van der Waals surface area contributed by atoms with E-state index in [1.807, 2.05) is 0 Å². The maximum atomic E-state index is 12.4. The van der Waals surface area contributed by atoms with Crippen molar-refractivity contribution in [1.29, 1.82) is 0 Å². The molecule has 1 amide bonds. The van der Waals surface area contributed by atoms with E-state index >= 15 is 0 Å². The Labute approximate surface area is 140 Å². The number of rotatable bonds is 5. The van der Waals surface area contributed by atoms with E-state index in [0.717, 1.165) is 0 Å². The molecule has 7 heteroatoms. The van der Waals surface area contributed by atoms with Crippen molar-refractivity contribution < 1.29 is 13.2 Å². The van der Waals surface area contributed by atoms with Gasteiger partial charge in [0, 0.05) is 24.2 Å². The van der Waals surface area contributed by atoms with Gasteiger partial charge in [0.15, 0.2) is 0 Å². The van der Waals surface area contributed by atoms with Crippen LogP contribution in [0.2, 0.25) is 5.02 Å². The largest absolute Gasteiger partial charge is 0.355 e. The van der Waals surface area contributed by atoms with Crippen LogP contribution < -0.4 is 10.0 Å². The van der Waals surface area contributed by atoms with Crippen molar-refractivity contribution in [2.75, 3.05) is 7.05 Å². The summed E-state index contributed by atoms with van der Waals surface area (Å²) < 4.78 is 27.3. The molecule has 0 saturated heterocycles. The first-order valence-electron chi connectivity index (χ1n) is 6.91. The number of carbonyl (C=O) groups excluding carboxylic acids is 1. The maximum Gasteiger partial charge on any atom is 0.251 e. The predicted molar refractivity (Wildman–Crippen MR) is 90.0 cm³/mol. The number of benzene rings is 2. The van der Waals surface area contributed by atoms with Gasteiger partial charge in [0.2, 0.25) is 10.0 Å².